The first-order valence-electron chi connectivity index (χ1n) is 10.3. The summed E-state index contributed by atoms with van der Waals surface area (Å²) in [6.07, 6.45) is 0.823. The van der Waals surface area contributed by atoms with Crippen molar-refractivity contribution in [1.29, 1.82) is 0 Å². The Labute approximate surface area is 201 Å². The van der Waals surface area contributed by atoms with Crippen LogP contribution in [0.15, 0.2) is 41.3 Å². The molecule has 0 bridgehead atoms. The van der Waals surface area contributed by atoms with Crippen LogP contribution in [0.25, 0.3) is 4.96 Å². The average Bonchev–Trinajstić information content (AvgIpc) is 3.39. The summed E-state index contributed by atoms with van der Waals surface area (Å²) < 4.78 is 44.8. The molecular formula is C22H25N5O5S2. The number of benzene rings is 2. The van der Waals surface area contributed by atoms with Gasteiger partial charge >= 0.3 is 0 Å². The molecule has 12 heteroatoms. The molecule has 0 aliphatic heterocycles. The van der Waals surface area contributed by atoms with Crippen LogP contribution in [0, 0.1) is 0 Å². The predicted molar refractivity (Wildman–Crippen MR) is 128 cm³/mol. The van der Waals surface area contributed by atoms with Crippen LogP contribution in [0.4, 0.5) is 0 Å². The van der Waals surface area contributed by atoms with Gasteiger partial charge < -0.3 is 14.2 Å². The van der Waals surface area contributed by atoms with Gasteiger partial charge in [-0.3, -0.25) is 0 Å². The van der Waals surface area contributed by atoms with Gasteiger partial charge in [0, 0.05) is 33.0 Å². The molecule has 0 aliphatic rings. The zero-order chi connectivity index (χ0) is 24.5. The number of hydrogen-bond acceptors (Lipinski definition) is 9. The largest absolute Gasteiger partial charge is 0.497 e. The first-order chi connectivity index (χ1) is 16.3. The molecule has 0 N–H and O–H groups in total. The number of fused-ring (bicyclic) bond motifs is 1. The summed E-state index contributed by atoms with van der Waals surface area (Å²) in [4.78, 5) is 0.747. The minimum absolute atomic E-state index is 0.112. The lowest BCUT2D eigenvalue weighted by atomic mass is 10.1. The normalized spacial score (nSPS) is 11.8. The Kier molecular flexibility index (Phi) is 6.73. The highest BCUT2D eigenvalue weighted by Crippen LogP contribution is 2.34. The fourth-order valence-electron chi connectivity index (χ4n) is 3.44. The van der Waals surface area contributed by atoms with E-state index >= 15 is 0 Å². The van der Waals surface area contributed by atoms with E-state index in [9.17, 15) is 8.42 Å². The topological polar surface area (TPSA) is 108 Å². The molecule has 2 aromatic heterocycles. The minimum Gasteiger partial charge on any atom is -0.497 e. The third kappa shape index (κ3) is 4.56. The van der Waals surface area contributed by atoms with E-state index in [1.54, 1.807) is 17.7 Å². The number of methoxy groups -OCH3 is 3. The van der Waals surface area contributed by atoms with E-state index in [1.165, 1.54) is 45.7 Å². The van der Waals surface area contributed by atoms with Gasteiger partial charge in [-0.15, -0.1) is 10.2 Å². The molecule has 4 rings (SSSR count). The van der Waals surface area contributed by atoms with Gasteiger partial charge in [0.15, 0.2) is 17.3 Å². The van der Waals surface area contributed by atoms with Crippen molar-refractivity contribution in [2.45, 2.75) is 17.7 Å². The smallest absolute Gasteiger partial charge is 0.242 e. The van der Waals surface area contributed by atoms with Gasteiger partial charge in [-0.1, -0.05) is 23.5 Å². The Morgan fingerprint density at radius 2 is 1.62 bits per heavy atom. The van der Waals surface area contributed by atoms with Gasteiger partial charge in [-0.05, 0) is 29.3 Å². The summed E-state index contributed by atoms with van der Waals surface area (Å²) in [7, 11) is 3.81. The molecule has 180 valence electrons. The molecule has 0 aliphatic carbocycles. The summed E-state index contributed by atoms with van der Waals surface area (Å²) in [5.41, 5.74) is 1.59. The van der Waals surface area contributed by atoms with Crippen molar-refractivity contribution in [2.75, 3.05) is 35.4 Å². The lowest BCUT2D eigenvalue weighted by Crippen LogP contribution is -2.23. The van der Waals surface area contributed by atoms with Gasteiger partial charge in [-0.25, -0.2) is 12.7 Å². The molecule has 0 fully saturated rings. The highest BCUT2D eigenvalue weighted by atomic mass is 32.2. The third-order valence-corrected chi connectivity index (χ3v) is 8.08. The zero-order valence-electron chi connectivity index (χ0n) is 19.5. The quantitative estimate of drug-likeness (QED) is 0.343. The summed E-state index contributed by atoms with van der Waals surface area (Å²) in [6, 6.07) is 10.9. The van der Waals surface area contributed by atoms with Gasteiger partial charge in [-0.2, -0.15) is 9.61 Å². The Balaban J connectivity index is 1.70. The number of rotatable bonds is 9. The summed E-state index contributed by atoms with van der Waals surface area (Å²) in [5, 5.41) is 14.0. The number of hydrogen-bond donors (Lipinski definition) is 0. The van der Waals surface area contributed by atoms with Crippen LogP contribution >= 0.6 is 11.3 Å². The average molecular weight is 504 g/mol. The lowest BCUT2D eigenvalue weighted by Gasteiger charge is -2.17. The maximum atomic E-state index is 13.0. The molecule has 4 aromatic rings. The van der Waals surface area contributed by atoms with Crippen LogP contribution in [0.5, 0.6) is 17.2 Å². The van der Waals surface area contributed by atoms with Gasteiger partial charge in [0.1, 0.15) is 10.8 Å². The van der Waals surface area contributed by atoms with Crippen molar-refractivity contribution in [2.24, 2.45) is 0 Å². The van der Waals surface area contributed by atoms with E-state index in [1.807, 2.05) is 24.3 Å². The summed E-state index contributed by atoms with van der Waals surface area (Å²) in [5.74, 6) is 2.07. The predicted octanol–water partition coefficient (Wildman–Crippen LogP) is 2.64. The van der Waals surface area contributed by atoms with Crippen LogP contribution in [-0.2, 0) is 22.9 Å². The monoisotopic (exact) mass is 503 g/mol. The van der Waals surface area contributed by atoms with E-state index in [0.29, 0.717) is 34.3 Å². The van der Waals surface area contributed by atoms with Gasteiger partial charge in [0.25, 0.3) is 0 Å². The first kappa shape index (κ1) is 23.9. The summed E-state index contributed by atoms with van der Waals surface area (Å²) in [6.45, 7) is 0. The second kappa shape index (κ2) is 9.57. The fraction of sp³-hybridized carbons (Fsp3) is 0.318. The first-order valence-corrected chi connectivity index (χ1v) is 12.5. The molecule has 2 aromatic carbocycles. The van der Waals surface area contributed by atoms with Crippen molar-refractivity contribution in [1.82, 2.24) is 24.1 Å². The Morgan fingerprint density at radius 3 is 2.24 bits per heavy atom. The Hall–Kier alpha value is -3.22. The molecule has 0 radical (unpaired) electrons. The third-order valence-electron chi connectivity index (χ3n) is 5.29. The second-order valence-corrected chi connectivity index (χ2v) is 10.8. The lowest BCUT2D eigenvalue weighted by molar-refractivity contribution is 0.353. The van der Waals surface area contributed by atoms with E-state index in [4.69, 9.17) is 14.2 Å². The number of ether oxygens (including phenoxy) is 3. The molecule has 0 amide bonds. The number of sulfonamides is 1. The van der Waals surface area contributed by atoms with Crippen LogP contribution < -0.4 is 14.2 Å². The SMILES string of the molecule is COc1ccc(Cc2nn3c(Cc4cc(OC)c(OC)cc4S(=O)(=O)N(C)C)nnc3s2)cc1. The minimum atomic E-state index is -3.75. The highest BCUT2D eigenvalue weighted by Gasteiger charge is 2.26. The molecular weight excluding hydrogens is 478 g/mol. The molecule has 10 nitrogen and oxygen atoms in total. The van der Waals surface area contributed by atoms with Crippen molar-refractivity contribution in [3.8, 4) is 17.2 Å². The Bertz CT molecular complexity index is 1410. The van der Waals surface area contributed by atoms with Gasteiger partial charge in [0.05, 0.1) is 26.2 Å². The molecule has 0 saturated heterocycles. The molecule has 0 unspecified atom stereocenters. The van der Waals surface area contributed by atoms with E-state index in [-0.39, 0.29) is 11.3 Å². The van der Waals surface area contributed by atoms with Crippen molar-refractivity contribution in [3.63, 3.8) is 0 Å². The van der Waals surface area contributed by atoms with Crippen LogP contribution in [-0.4, -0.2) is 68.0 Å². The highest BCUT2D eigenvalue weighted by molar-refractivity contribution is 7.89. The molecule has 2 heterocycles. The van der Waals surface area contributed by atoms with Crippen LogP contribution in [0.1, 0.15) is 22.0 Å². The summed E-state index contributed by atoms with van der Waals surface area (Å²) >= 11 is 1.44. The molecule has 0 spiro atoms. The molecule has 0 atom stereocenters. The van der Waals surface area contributed by atoms with E-state index in [2.05, 4.69) is 15.3 Å². The molecule has 0 saturated carbocycles. The van der Waals surface area contributed by atoms with E-state index in [0.717, 1.165) is 20.6 Å². The fourth-order valence-corrected chi connectivity index (χ4v) is 5.44. The maximum absolute atomic E-state index is 13.0. The Morgan fingerprint density at radius 1 is 0.941 bits per heavy atom. The van der Waals surface area contributed by atoms with Crippen molar-refractivity contribution in [3.05, 3.63) is 58.4 Å². The zero-order valence-corrected chi connectivity index (χ0v) is 21.1. The molecule has 34 heavy (non-hydrogen) atoms. The van der Waals surface area contributed by atoms with Crippen molar-refractivity contribution >= 4 is 26.3 Å². The maximum Gasteiger partial charge on any atom is 0.242 e. The van der Waals surface area contributed by atoms with Crippen LogP contribution in [0.2, 0.25) is 0 Å². The second-order valence-electron chi connectivity index (χ2n) is 7.61. The van der Waals surface area contributed by atoms with Gasteiger partial charge in [0.2, 0.25) is 15.0 Å². The van der Waals surface area contributed by atoms with E-state index < -0.39 is 10.0 Å². The van der Waals surface area contributed by atoms with Crippen LogP contribution in [0.3, 0.4) is 0 Å². The van der Waals surface area contributed by atoms with Crippen molar-refractivity contribution < 1.29 is 22.6 Å². The number of nitrogens with zero attached hydrogens (tertiary/aromatic N) is 5. The number of aromatic nitrogens is 4. The standard InChI is InChI=1S/C22H25N5O5S2/c1-26(2)34(28,29)19-13-18(32-5)17(31-4)11-15(19)12-20-23-24-22-27(20)25-21(33-22)10-14-6-8-16(30-3)9-7-14/h6-9,11,13H,10,12H2,1-5H3.